The molecule has 1 aliphatic heterocycles. The summed E-state index contributed by atoms with van der Waals surface area (Å²) in [5, 5.41) is 14.3. The monoisotopic (exact) mass is 605 g/mol. The van der Waals surface area contributed by atoms with Crippen molar-refractivity contribution in [2.45, 2.75) is 32.2 Å². The maximum absolute atomic E-state index is 13.3. The molecule has 3 rings (SSSR count). The molecule has 1 atom stereocenters. The van der Waals surface area contributed by atoms with Crippen LogP contribution in [0.2, 0.25) is 0 Å². The fourth-order valence-electron chi connectivity index (χ4n) is 4.20. The molecule has 228 valence electrons. The molecule has 1 aromatic carbocycles. The molecule has 2 heterocycles. The lowest BCUT2D eigenvalue weighted by Gasteiger charge is -2.36. The van der Waals surface area contributed by atoms with Crippen molar-refractivity contribution in [3.63, 3.8) is 0 Å². The van der Waals surface area contributed by atoms with E-state index in [-0.39, 0.29) is 44.8 Å². The summed E-state index contributed by atoms with van der Waals surface area (Å²) in [5.74, 6) is -2.56. The second-order valence-electron chi connectivity index (χ2n) is 9.72. The summed E-state index contributed by atoms with van der Waals surface area (Å²) in [5.41, 5.74) is 1.32. The second kappa shape index (κ2) is 15.3. The van der Waals surface area contributed by atoms with E-state index in [4.69, 9.17) is 9.84 Å². The molecule has 42 heavy (non-hydrogen) atoms. The number of carboxylic acid groups (broad SMARTS) is 1. The van der Waals surface area contributed by atoms with Crippen LogP contribution >= 0.6 is 7.60 Å². The number of aromatic nitrogens is 1. The van der Waals surface area contributed by atoms with Gasteiger partial charge in [-0.05, 0) is 18.6 Å². The molecule has 15 heteroatoms. The summed E-state index contributed by atoms with van der Waals surface area (Å²) in [4.78, 5) is 76.3. The van der Waals surface area contributed by atoms with Gasteiger partial charge in [-0.15, -0.1) is 0 Å². The van der Waals surface area contributed by atoms with Gasteiger partial charge >= 0.3 is 19.7 Å². The Morgan fingerprint density at radius 2 is 1.71 bits per heavy atom. The highest BCUT2D eigenvalue weighted by Crippen LogP contribution is 2.35. The van der Waals surface area contributed by atoms with E-state index in [0.717, 1.165) is 12.8 Å². The van der Waals surface area contributed by atoms with Gasteiger partial charge in [-0.3, -0.25) is 18.9 Å². The number of carbonyl (C=O) groups is 4. The first-order chi connectivity index (χ1) is 20.0. The maximum atomic E-state index is 13.3. The molecule has 0 saturated carbocycles. The van der Waals surface area contributed by atoms with E-state index in [1.165, 1.54) is 15.9 Å². The number of pyridine rings is 1. The Morgan fingerprint density at radius 1 is 1.05 bits per heavy atom. The van der Waals surface area contributed by atoms with Crippen molar-refractivity contribution in [1.82, 2.24) is 20.1 Å². The number of piperazine rings is 1. The molecule has 3 amide bonds. The number of ether oxygens (including phenoxy) is 1. The number of benzene rings is 1. The molecule has 0 bridgehead atoms. The predicted molar refractivity (Wildman–Crippen MR) is 153 cm³/mol. The third-order valence-electron chi connectivity index (χ3n) is 6.39. The molecular weight excluding hydrogens is 569 g/mol. The summed E-state index contributed by atoms with van der Waals surface area (Å²) in [6, 6.07) is 10.3. The first-order valence-electron chi connectivity index (χ1n) is 13.6. The van der Waals surface area contributed by atoms with E-state index in [2.05, 4.69) is 15.6 Å². The van der Waals surface area contributed by atoms with Gasteiger partial charge < -0.3 is 40.1 Å². The van der Waals surface area contributed by atoms with E-state index in [1.54, 1.807) is 36.4 Å². The van der Waals surface area contributed by atoms with Gasteiger partial charge in [-0.25, -0.2) is 9.78 Å². The molecule has 0 aliphatic carbocycles. The van der Waals surface area contributed by atoms with Crippen LogP contribution in [0.25, 0.3) is 11.3 Å². The van der Waals surface area contributed by atoms with Crippen LogP contribution in [0.15, 0.2) is 42.5 Å². The second-order valence-corrected chi connectivity index (χ2v) is 11.4. The Hall–Kier alpha value is -4.00. The molecular formula is C27H36N5O9P. The quantitative estimate of drug-likeness (QED) is 0.165. The fraction of sp³-hybridized carbons (Fsp3) is 0.444. The topological polar surface area (TPSA) is 199 Å². The first kappa shape index (κ1) is 32.5. The van der Waals surface area contributed by atoms with Crippen LogP contribution < -0.4 is 10.6 Å². The number of carbonyl (C=O) groups excluding carboxylic acids is 3. The highest BCUT2D eigenvalue weighted by molar-refractivity contribution is 7.51. The Labute approximate surface area is 243 Å². The minimum Gasteiger partial charge on any atom is -0.481 e. The summed E-state index contributed by atoms with van der Waals surface area (Å²) in [6.07, 6.45) is 0.00704. The van der Waals surface area contributed by atoms with Gasteiger partial charge in [0.15, 0.2) is 0 Å². The number of nitrogens with one attached hydrogen (secondary N) is 2. The molecule has 1 fully saturated rings. The molecule has 1 unspecified atom stereocenters. The Bertz CT molecular complexity index is 1300. The molecule has 0 radical (unpaired) electrons. The minimum absolute atomic E-state index is 0.0755. The van der Waals surface area contributed by atoms with Gasteiger partial charge in [0.2, 0.25) is 5.91 Å². The lowest BCUT2D eigenvalue weighted by molar-refractivity contribution is -0.136. The van der Waals surface area contributed by atoms with Crippen LogP contribution in [0.3, 0.4) is 0 Å². The number of anilines is 1. The molecule has 14 nitrogen and oxygen atoms in total. The normalized spacial score (nSPS) is 14.2. The SMILES string of the molecule is CCCCOC(=O)N1CCN(C(=O)C(CP(=O)(O)O)NC(=O)c2cc(NCCC(=O)O)cc(-c3ccccc3)n2)CC1. The van der Waals surface area contributed by atoms with Gasteiger partial charge in [0, 0.05) is 44.0 Å². The standard InChI is InChI=1S/C27H36N5O9P/c1-2-3-15-41-27(37)32-13-11-31(12-14-32)26(36)23(18-42(38,39)40)30-25(35)22-17-20(28-10-9-24(33)34)16-21(29-22)19-7-5-4-6-8-19/h4-8,16-17,23H,2-3,9-15,18H2,1H3,(H,28,29)(H,30,35)(H,33,34)(H2,38,39,40). The third-order valence-corrected chi connectivity index (χ3v) is 7.23. The van der Waals surface area contributed by atoms with Crippen LogP contribution in [0.1, 0.15) is 36.7 Å². The largest absolute Gasteiger partial charge is 0.481 e. The maximum Gasteiger partial charge on any atom is 0.409 e. The van der Waals surface area contributed by atoms with Gasteiger partial charge in [-0.1, -0.05) is 43.7 Å². The zero-order chi connectivity index (χ0) is 30.7. The number of aliphatic carboxylic acids is 1. The number of unbranched alkanes of at least 4 members (excludes halogenated alkanes) is 1. The number of carboxylic acids is 1. The number of hydrogen-bond acceptors (Lipinski definition) is 8. The molecule has 2 aromatic rings. The van der Waals surface area contributed by atoms with Crippen molar-refractivity contribution in [3.05, 3.63) is 48.2 Å². The van der Waals surface area contributed by atoms with Gasteiger partial charge in [0.1, 0.15) is 11.7 Å². The Kier molecular flexibility index (Phi) is 11.8. The number of rotatable bonds is 13. The first-order valence-corrected chi connectivity index (χ1v) is 15.4. The van der Waals surface area contributed by atoms with Gasteiger partial charge in [0.05, 0.1) is 24.9 Å². The van der Waals surface area contributed by atoms with E-state index >= 15 is 0 Å². The minimum atomic E-state index is -4.74. The van der Waals surface area contributed by atoms with Gasteiger partial charge in [-0.2, -0.15) is 0 Å². The molecule has 0 spiro atoms. The van der Waals surface area contributed by atoms with Crippen molar-refractivity contribution in [2.24, 2.45) is 0 Å². The average Bonchev–Trinajstić information content (AvgIpc) is 2.96. The average molecular weight is 606 g/mol. The smallest absolute Gasteiger partial charge is 0.409 e. The zero-order valence-corrected chi connectivity index (χ0v) is 24.2. The van der Waals surface area contributed by atoms with E-state index in [0.29, 0.717) is 23.6 Å². The van der Waals surface area contributed by atoms with Crippen molar-refractivity contribution in [1.29, 1.82) is 0 Å². The predicted octanol–water partition coefficient (Wildman–Crippen LogP) is 1.99. The zero-order valence-electron chi connectivity index (χ0n) is 23.3. The summed E-state index contributed by atoms with van der Waals surface area (Å²) in [7, 11) is -4.74. The van der Waals surface area contributed by atoms with Crippen LogP contribution in [0, 0.1) is 0 Å². The van der Waals surface area contributed by atoms with Crippen molar-refractivity contribution >= 4 is 37.2 Å². The van der Waals surface area contributed by atoms with Crippen molar-refractivity contribution in [2.75, 3.05) is 50.8 Å². The third kappa shape index (κ3) is 10.1. The van der Waals surface area contributed by atoms with E-state index in [1.807, 2.05) is 6.92 Å². The lowest BCUT2D eigenvalue weighted by Crippen LogP contribution is -2.56. The Balaban J connectivity index is 1.77. The Morgan fingerprint density at radius 3 is 2.33 bits per heavy atom. The van der Waals surface area contributed by atoms with Crippen molar-refractivity contribution in [3.8, 4) is 11.3 Å². The molecule has 5 N–H and O–H groups in total. The summed E-state index contributed by atoms with van der Waals surface area (Å²) < 4.78 is 17.1. The summed E-state index contributed by atoms with van der Waals surface area (Å²) >= 11 is 0. The molecule has 1 aliphatic rings. The molecule has 1 aromatic heterocycles. The van der Waals surface area contributed by atoms with Crippen LogP contribution in [-0.4, -0.2) is 105 Å². The molecule has 1 saturated heterocycles. The van der Waals surface area contributed by atoms with Crippen molar-refractivity contribution < 1.29 is 43.4 Å². The van der Waals surface area contributed by atoms with Crippen LogP contribution in [0.4, 0.5) is 10.5 Å². The van der Waals surface area contributed by atoms with E-state index in [9.17, 15) is 33.5 Å². The van der Waals surface area contributed by atoms with Crippen LogP contribution in [0.5, 0.6) is 0 Å². The summed E-state index contributed by atoms with van der Waals surface area (Å²) in [6.45, 7) is 2.86. The van der Waals surface area contributed by atoms with Gasteiger partial charge in [0.25, 0.3) is 5.91 Å². The number of amides is 3. The van der Waals surface area contributed by atoms with Crippen LogP contribution in [-0.2, 0) is 18.9 Å². The number of hydrogen-bond donors (Lipinski definition) is 5. The lowest BCUT2D eigenvalue weighted by atomic mass is 10.1. The number of nitrogens with zero attached hydrogens (tertiary/aromatic N) is 3. The fourth-order valence-corrected chi connectivity index (χ4v) is 4.92. The highest BCUT2D eigenvalue weighted by atomic mass is 31.2. The highest BCUT2D eigenvalue weighted by Gasteiger charge is 2.35. The van der Waals surface area contributed by atoms with E-state index < -0.39 is 43.7 Å².